The molecule has 1 aromatic carbocycles. The first-order valence-corrected chi connectivity index (χ1v) is 4.77. The highest BCUT2D eigenvalue weighted by molar-refractivity contribution is 5.82. The molecular weight excluding hydrogens is 198 g/mol. The fourth-order valence-electron chi connectivity index (χ4n) is 1.66. The lowest BCUT2D eigenvalue weighted by Crippen LogP contribution is -2.30. The molecule has 1 aromatic heterocycles. The largest absolute Gasteiger partial charge is 0.361 e. The van der Waals surface area contributed by atoms with Crippen molar-refractivity contribution in [2.75, 3.05) is 0 Å². The van der Waals surface area contributed by atoms with Gasteiger partial charge in [0, 0.05) is 11.7 Å². The smallest absolute Gasteiger partial charge is 0.253 e. The van der Waals surface area contributed by atoms with Gasteiger partial charge in [-0.15, -0.1) is 0 Å². The summed E-state index contributed by atoms with van der Waals surface area (Å²) in [6.07, 6.45) is -0.493. The number of aromatic nitrogens is 1. The van der Waals surface area contributed by atoms with Gasteiger partial charge in [-0.25, -0.2) is 8.78 Å². The van der Waals surface area contributed by atoms with Crippen LogP contribution >= 0.6 is 0 Å². The van der Waals surface area contributed by atoms with Gasteiger partial charge >= 0.3 is 0 Å². The molecule has 2 rings (SSSR count). The Kier molecular flexibility index (Phi) is 2.68. The molecule has 4 heteroatoms. The number of hydrogen-bond acceptors (Lipinski definition) is 1. The molecule has 0 spiro atoms. The van der Waals surface area contributed by atoms with E-state index < -0.39 is 12.5 Å². The van der Waals surface area contributed by atoms with Crippen LogP contribution in [0.2, 0.25) is 0 Å². The highest BCUT2D eigenvalue weighted by Gasteiger charge is 2.16. The zero-order valence-electron chi connectivity index (χ0n) is 8.08. The highest BCUT2D eigenvalue weighted by Crippen LogP contribution is 2.19. The van der Waals surface area contributed by atoms with E-state index in [9.17, 15) is 8.78 Å². The minimum Gasteiger partial charge on any atom is -0.361 e. The summed E-state index contributed by atoms with van der Waals surface area (Å²) in [7, 11) is 0. The monoisotopic (exact) mass is 210 g/mol. The lowest BCUT2D eigenvalue weighted by Gasteiger charge is -2.10. The number of nitrogens with two attached hydrogens (primary N) is 1. The van der Waals surface area contributed by atoms with Gasteiger partial charge in [0.05, 0.1) is 6.04 Å². The summed E-state index contributed by atoms with van der Waals surface area (Å²) in [5.41, 5.74) is 7.08. The van der Waals surface area contributed by atoms with E-state index in [4.69, 9.17) is 5.73 Å². The molecule has 15 heavy (non-hydrogen) atoms. The molecule has 0 aliphatic rings. The molecular formula is C11H12F2N2. The van der Waals surface area contributed by atoms with Crippen molar-refractivity contribution in [3.63, 3.8) is 0 Å². The fourth-order valence-corrected chi connectivity index (χ4v) is 1.66. The zero-order chi connectivity index (χ0) is 10.8. The summed E-state index contributed by atoms with van der Waals surface area (Å²) < 4.78 is 24.6. The van der Waals surface area contributed by atoms with E-state index in [1.807, 2.05) is 24.3 Å². The molecule has 3 N–H and O–H groups in total. The maximum atomic E-state index is 12.3. The molecule has 2 aromatic rings. The van der Waals surface area contributed by atoms with Gasteiger partial charge in [-0.3, -0.25) is 0 Å². The standard InChI is InChI=1S/C11H12F2N2/c12-11(13)9(14)6-8-3-1-2-7-4-5-15-10(7)8/h1-5,9,11,15H,6,14H2. The molecule has 1 heterocycles. The van der Waals surface area contributed by atoms with E-state index >= 15 is 0 Å². The Balaban J connectivity index is 2.31. The summed E-state index contributed by atoms with van der Waals surface area (Å²) in [4.78, 5) is 3.03. The van der Waals surface area contributed by atoms with E-state index in [0.29, 0.717) is 0 Å². The Morgan fingerprint density at radius 3 is 2.80 bits per heavy atom. The lowest BCUT2D eigenvalue weighted by atomic mass is 10.0. The van der Waals surface area contributed by atoms with Gasteiger partial charge < -0.3 is 10.7 Å². The summed E-state index contributed by atoms with van der Waals surface area (Å²) >= 11 is 0. The van der Waals surface area contributed by atoms with Crippen LogP contribution in [0, 0.1) is 0 Å². The van der Waals surface area contributed by atoms with Crippen molar-refractivity contribution in [2.45, 2.75) is 18.9 Å². The number of H-pyrrole nitrogens is 1. The summed E-state index contributed by atoms with van der Waals surface area (Å²) in [6.45, 7) is 0. The van der Waals surface area contributed by atoms with Crippen molar-refractivity contribution in [1.82, 2.24) is 4.98 Å². The van der Waals surface area contributed by atoms with Crippen LogP contribution < -0.4 is 5.73 Å². The number of rotatable bonds is 3. The molecule has 1 unspecified atom stereocenters. The van der Waals surface area contributed by atoms with Crippen molar-refractivity contribution in [3.8, 4) is 0 Å². The molecule has 2 nitrogen and oxygen atoms in total. The maximum Gasteiger partial charge on any atom is 0.253 e. The van der Waals surface area contributed by atoms with Gasteiger partial charge in [0.25, 0.3) is 6.43 Å². The van der Waals surface area contributed by atoms with Crippen LogP contribution in [0.4, 0.5) is 8.78 Å². The number of alkyl halides is 2. The topological polar surface area (TPSA) is 41.8 Å². The predicted molar refractivity (Wildman–Crippen MR) is 56.0 cm³/mol. The number of para-hydroxylation sites is 1. The van der Waals surface area contributed by atoms with Crippen LogP contribution in [-0.2, 0) is 6.42 Å². The SMILES string of the molecule is NC(Cc1cccc2cc[nH]c12)C(F)F. The Hall–Kier alpha value is -1.42. The highest BCUT2D eigenvalue weighted by atomic mass is 19.3. The van der Waals surface area contributed by atoms with Gasteiger partial charge in [-0.1, -0.05) is 18.2 Å². The average molecular weight is 210 g/mol. The van der Waals surface area contributed by atoms with E-state index in [-0.39, 0.29) is 6.42 Å². The lowest BCUT2D eigenvalue weighted by molar-refractivity contribution is 0.116. The summed E-state index contributed by atoms with van der Waals surface area (Å²) in [6, 6.07) is 6.42. The molecule has 0 fully saturated rings. The average Bonchev–Trinajstić information content (AvgIpc) is 2.66. The first kappa shape index (κ1) is 10.1. The summed E-state index contributed by atoms with van der Waals surface area (Å²) in [5.74, 6) is 0. The third kappa shape index (κ3) is 1.99. The Labute approximate surface area is 86.1 Å². The molecule has 0 aliphatic heterocycles. The van der Waals surface area contributed by atoms with Crippen LogP contribution in [0.25, 0.3) is 10.9 Å². The van der Waals surface area contributed by atoms with Gasteiger partial charge in [-0.2, -0.15) is 0 Å². The van der Waals surface area contributed by atoms with E-state index in [0.717, 1.165) is 16.5 Å². The molecule has 1 atom stereocenters. The zero-order valence-corrected chi connectivity index (χ0v) is 8.08. The van der Waals surface area contributed by atoms with Gasteiger partial charge in [0.15, 0.2) is 0 Å². The van der Waals surface area contributed by atoms with Crippen LogP contribution in [0.15, 0.2) is 30.5 Å². The van der Waals surface area contributed by atoms with Gasteiger partial charge in [0.1, 0.15) is 0 Å². The number of aromatic amines is 1. The normalized spacial score (nSPS) is 13.6. The molecule has 0 aliphatic carbocycles. The van der Waals surface area contributed by atoms with E-state index in [1.54, 1.807) is 6.20 Å². The Morgan fingerprint density at radius 1 is 1.27 bits per heavy atom. The molecule has 0 radical (unpaired) electrons. The van der Waals surface area contributed by atoms with Gasteiger partial charge in [-0.05, 0) is 23.4 Å². The van der Waals surface area contributed by atoms with E-state index in [1.165, 1.54) is 0 Å². The quantitative estimate of drug-likeness (QED) is 0.801. The Bertz CT molecular complexity index is 451. The van der Waals surface area contributed by atoms with Gasteiger partial charge in [0.2, 0.25) is 0 Å². The van der Waals surface area contributed by atoms with Crippen LogP contribution in [0.1, 0.15) is 5.56 Å². The number of hydrogen-bond donors (Lipinski definition) is 2. The first-order valence-electron chi connectivity index (χ1n) is 4.77. The second-order valence-electron chi connectivity index (χ2n) is 3.56. The van der Waals surface area contributed by atoms with Crippen LogP contribution in [-0.4, -0.2) is 17.5 Å². The summed E-state index contributed by atoms with van der Waals surface area (Å²) in [5, 5.41) is 1.02. The minimum absolute atomic E-state index is 0.190. The predicted octanol–water partition coefficient (Wildman–Crippen LogP) is 2.30. The number of fused-ring (bicyclic) bond motifs is 1. The molecule has 0 saturated heterocycles. The van der Waals surface area contributed by atoms with Crippen molar-refractivity contribution in [2.24, 2.45) is 5.73 Å². The number of nitrogens with one attached hydrogen (secondary N) is 1. The van der Waals surface area contributed by atoms with Crippen molar-refractivity contribution in [1.29, 1.82) is 0 Å². The van der Waals surface area contributed by atoms with Crippen LogP contribution in [0.3, 0.4) is 0 Å². The molecule has 0 bridgehead atoms. The van der Waals surface area contributed by atoms with Crippen molar-refractivity contribution >= 4 is 10.9 Å². The molecule has 0 amide bonds. The van der Waals surface area contributed by atoms with E-state index in [2.05, 4.69) is 4.98 Å². The molecule has 0 saturated carbocycles. The van der Waals surface area contributed by atoms with Crippen molar-refractivity contribution < 1.29 is 8.78 Å². The third-order valence-corrected chi connectivity index (χ3v) is 2.45. The second-order valence-corrected chi connectivity index (χ2v) is 3.56. The maximum absolute atomic E-state index is 12.3. The van der Waals surface area contributed by atoms with Crippen LogP contribution in [0.5, 0.6) is 0 Å². The minimum atomic E-state index is -2.48. The number of benzene rings is 1. The fraction of sp³-hybridized carbons (Fsp3) is 0.273. The second kappa shape index (κ2) is 3.98. The Morgan fingerprint density at radius 2 is 2.07 bits per heavy atom. The van der Waals surface area contributed by atoms with Crippen molar-refractivity contribution in [3.05, 3.63) is 36.0 Å². The third-order valence-electron chi connectivity index (χ3n) is 2.45. The number of halogens is 2. The molecule has 80 valence electrons. The first-order chi connectivity index (χ1) is 7.18.